The van der Waals surface area contributed by atoms with Gasteiger partial charge in [-0.3, -0.25) is 4.57 Å². The number of para-hydroxylation sites is 1. The number of hydrogen-bond donors (Lipinski definition) is 0. The highest BCUT2D eigenvalue weighted by atomic mass is 15.4. The summed E-state index contributed by atoms with van der Waals surface area (Å²) in [5.74, 6) is 0.921. The number of aryl methyl sites for hydroxylation is 2. The van der Waals surface area contributed by atoms with Gasteiger partial charge in [-0.25, -0.2) is 4.98 Å². The number of nitrogens with zero attached hydrogens (tertiary/aromatic N) is 4. The summed E-state index contributed by atoms with van der Waals surface area (Å²) in [6.07, 6.45) is 1.99. The minimum atomic E-state index is -0.674. The molecule has 4 heteroatoms. The second kappa shape index (κ2) is 15.7. The number of fused-ring (bicyclic) bond motifs is 7. The Labute approximate surface area is 407 Å². The predicted octanol–water partition coefficient (Wildman–Crippen LogP) is 16.7. The van der Waals surface area contributed by atoms with E-state index in [0.29, 0.717) is 6.67 Å². The molecule has 0 saturated heterocycles. The van der Waals surface area contributed by atoms with E-state index in [9.17, 15) is 0 Å². The topological polar surface area (TPSA) is 24.3 Å². The summed E-state index contributed by atoms with van der Waals surface area (Å²) in [6, 6.07) is 70.8. The highest BCUT2D eigenvalue weighted by molar-refractivity contribution is 6.16. The van der Waals surface area contributed by atoms with Gasteiger partial charge in [-0.05, 0) is 152 Å². The summed E-state index contributed by atoms with van der Waals surface area (Å²) >= 11 is 0. The van der Waals surface area contributed by atoms with E-state index in [1.54, 1.807) is 0 Å². The first-order valence-electron chi connectivity index (χ1n) is 24.5. The molecule has 3 heterocycles. The molecule has 2 aliphatic rings. The molecule has 69 heavy (non-hydrogen) atoms. The van der Waals surface area contributed by atoms with Gasteiger partial charge in [0, 0.05) is 28.3 Å². The number of rotatable bonds is 6. The first-order valence-corrected chi connectivity index (χ1v) is 24.5. The van der Waals surface area contributed by atoms with Crippen molar-refractivity contribution in [3.63, 3.8) is 0 Å². The van der Waals surface area contributed by atoms with Crippen molar-refractivity contribution in [2.24, 2.45) is 0 Å². The van der Waals surface area contributed by atoms with Gasteiger partial charge in [-0.2, -0.15) is 0 Å². The van der Waals surface area contributed by atoms with Crippen LogP contribution in [0, 0.1) is 13.8 Å². The van der Waals surface area contributed by atoms with Crippen LogP contribution in [0.25, 0.3) is 49.9 Å². The maximum Gasteiger partial charge on any atom is 0.137 e. The SMILES string of the molecule is Cc1cc2c(cc1C)N(c1cc(C(C)(C)C)cc(C3(c4ccc5c6c(-c7ccccc7)cccc6n(-c6cc(C(C)(C)C)ccn6)c5c4)c4ccccc4-c4ccccc43)c1)CN2c1ccccc1. The van der Waals surface area contributed by atoms with E-state index in [1.807, 2.05) is 6.20 Å². The quantitative estimate of drug-likeness (QED) is 0.166. The Hall–Kier alpha value is -7.69. The van der Waals surface area contributed by atoms with Gasteiger partial charge in [0.25, 0.3) is 0 Å². The molecule has 0 spiro atoms. The zero-order valence-corrected chi connectivity index (χ0v) is 41.0. The summed E-state index contributed by atoms with van der Waals surface area (Å²) in [6.45, 7) is 19.1. The third-order valence-electron chi connectivity index (χ3n) is 15.2. The average molecular weight is 895 g/mol. The lowest BCUT2D eigenvalue weighted by Gasteiger charge is -2.36. The molecule has 2 aromatic heterocycles. The lowest BCUT2D eigenvalue weighted by atomic mass is 9.66. The molecule has 12 rings (SSSR count). The van der Waals surface area contributed by atoms with Crippen molar-refractivity contribution in [2.75, 3.05) is 16.5 Å². The summed E-state index contributed by atoms with van der Waals surface area (Å²) in [4.78, 5) is 10.2. The fourth-order valence-corrected chi connectivity index (χ4v) is 11.4. The minimum Gasteiger partial charge on any atom is -0.321 e. The largest absolute Gasteiger partial charge is 0.321 e. The van der Waals surface area contributed by atoms with Crippen LogP contribution >= 0.6 is 0 Å². The Balaban J connectivity index is 1.18. The van der Waals surface area contributed by atoms with Gasteiger partial charge in [0.2, 0.25) is 0 Å². The summed E-state index contributed by atoms with van der Waals surface area (Å²) in [7, 11) is 0. The Bertz CT molecular complexity index is 3590. The van der Waals surface area contributed by atoms with Crippen LogP contribution in [0.3, 0.4) is 0 Å². The van der Waals surface area contributed by atoms with E-state index in [1.165, 1.54) is 100 Å². The summed E-state index contributed by atoms with van der Waals surface area (Å²) in [5.41, 5.74) is 21.4. The van der Waals surface area contributed by atoms with E-state index >= 15 is 0 Å². The molecular formula is C65H58N4. The predicted molar refractivity (Wildman–Crippen MR) is 290 cm³/mol. The Morgan fingerprint density at radius 2 is 1.06 bits per heavy atom. The zero-order valence-electron chi connectivity index (χ0n) is 41.0. The van der Waals surface area contributed by atoms with E-state index in [2.05, 4.69) is 258 Å². The van der Waals surface area contributed by atoms with Crippen LogP contribution in [0.15, 0.2) is 194 Å². The number of benzene rings is 8. The van der Waals surface area contributed by atoms with Gasteiger partial charge in [-0.15, -0.1) is 0 Å². The molecule has 0 bridgehead atoms. The van der Waals surface area contributed by atoms with E-state index in [-0.39, 0.29) is 10.8 Å². The van der Waals surface area contributed by atoms with Crippen LogP contribution in [-0.4, -0.2) is 16.2 Å². The van der Waals surface area contributed by atoms with Crippen molar-refractivity contribution in [3.8, 4) is 28.1 Å². The van der Waals surface area contributed by atoms with Crippen LogP contribution in [0.1, 0.15) is 86.1 Å². The van der Waals surface area contributed by atoms with Gasteiger partial charge in [0.1, 0.15) is 12.5 Å². The fourth-order valence-electron chi connectivity index (χ4n) is 11.4. The second-order valence-corrected chi connectivity index (χ2v) is 21.4. The van der Waals surface area contributed by atoms with Gasteiger partial charge in [0.15, 0.2) is 0 Å². The molecule has 0 atom stereocenters. The van der Waals surface area contributed by atoms with Crippen LogP contribution in [0.5, 0.6) is 0 Å². The molecule has 1 aliphatic carbocycles. The van der Waals surface area contributed by atoms with Crippen LogP contribution in [0.2, 0.25) is 0 Å². The highest BCUT2D eigenvalue weighted by Crippen LogP contribution is 2.58. The van der Waals surface area contributed by atoms with Crippen molar-refractivity contribution in [3.05, 3.63) is 239 Å². The van der Waals surface area contributed by atoms with E-state index in [4.69, 9.17) is 4.98 Å². The van der Waals surface area contributed by atoms with Crippen molar-refractivity contribution in [1.82, 2.24) is 9.55 Å². The molecule has 0 N–H and O–H groups in total. The molecule has 8 aromatic carbocycles. The Morgan fingerprint density at radius 1 is 0.464 bits per heavy atom. The zero-order chi connectivity index (χ0) is 47.4. The summed E-state index contributed by atoms with van der Waals surface area (Å²) < 4.78 is 2.43. The number of aromatic nitrogens is 2. The molecule has 338 valence electrons. The minimum absolute atomic E-state index is 0.0561. The lowest BCUT2D eigenvalue weighted by Crippen LogP contribution is -2.30. The second-order valence-electron chi connectivity index (χ2n) is 21.4. The Kier molecular flexibility index (Phi) is 9.69. The third kappa shape index (κ3) is 6.67. The smallest absolute Gasteiger partial charge is 0.137 e. The van der Waals surface area contributed by atoms with Crippen LogP contribution in [0.4, 0.5) is 22.7 Å². The summed E-state index contributed by atoms with van der Waals surface area (Å²) in [5, 5.41) is 2.43. The first kappa shape index (κ1) is 42.6. The van der Waals surface area contributed by atoms with E-state index in [0.717, 1.165) is 16.9 Å². The normalized spacial score (nSPS) is 14.1. The lowest BCUT2D eigenvalue weighted by molar-refractivity contribution is 0.587. The average Bonchev–Trinajstić information content (AvgIpc) is 4.00. The van der Waals surface area contributed by atoms with Crippen molar-refractivity contribution < 1.29 is 0 Å². The van der Waals surface area contributed by atoms with E-state index < -0.39 is 5.41 Å². The molecule has 0 radical (unpaired) electrons. The van der Waals surface area contributed by atoms with Crippen LogP contribution < -0.4 is 9.80 Å². The van der Waals surface area contributed by atoms with Gasteiger partial charge >= 0.3 is 0 Å². The fraction of sp³-hybridized carbons (Fsp3) is 0.185. The van der Waals surface area contributed by atoms with Crippen molar-refractivity contribution in [1.29, 1.82) is 0 Å². The molecule has 0 amide bonds. The molecular weight excluding hydrogens is 837 g/mol. The highest BCUT2D eigenvalue weighted by Gasteiger charge is 2.47. The number of hydrogen-bond acceptors (Lipinski definition) is 3. The molecule has 4 nitrogen and oxygen atoms in total. The van der Waals surface area contributed by atoms with Crippen molar-refractivity contribution >= 4 is 44.6 Å². The Morgan fingerprint density at radius 3 is 1.71 bits per heavy atom. The molecule has 0 unspecified atom stereocenters. The molecule has 1 aliphatic heterocycles. The molecule has 0 fully saturated rings. The van der Waals surface area contributed by atoms with Gasteiger partial charge in [-0.1, -0.05) is 169 Å². The standard InChI is InChI=1S/C65H58N4/c1-42-34-59-60(35-43(42)2)68(41-67(59)49-22-13-10-14-23-49)50-37-47(64(6,7)8)36-48(38-50)65(55-27-17-15-24-52(55)53-25-16-18-28-56(53)65)46-30-31-54-58(39-46)69(61-40-45(32-33-66-61)63(3,4)5)57-29-19-26-51(62(54)57)44-20-11-9-12-21-44/h9-40H,41H2,1-8H3. The first-order chi connectivity index (χ1) is 33.3. The maximum absolute atomic E-state index is 5.18. The number of pyridine rings is 1. The van der Waals surface area contributed by atoms with Gasteiger partial charge in [0.05, 0.1) is 27.8 Å². The monoisotopic (exact) mass is 894 g/mol. The maximum atomic E-state index is 5.18. The molecule has 0 saturated carbocycles. The third-order valence-corrected chi connectivity index (χ3v) is 15.2. The van der Waals surface area contributed by atoms with Gasteiger partial charge < -0.3 is 9.80 Å². The van der Waals surface area contributed by atoms with Crippen LogP contribution in [-0.2, 0) is 16.2 Å². The van der Waals surface area contributed by atoms with Crippen molar-refractivity contribution in [2.45, 2.75) is 71.6 Å². The number of anilines is 4. The molecule has 10 aromatic rings.